The minimum Gasteiger partial charge on any atom is -0.315 e. The molecule has 0 aliphatic rings. The highest BCUT2D eigenvalue weighted by molar-refractivity contribution is 6.17. The molecule has 0 saturated heterocycles. The largest absolute Gasteiger partial charge is 0.315 e. The average molecular weight is 227 g/mol. The van der Waals surface area contributed by atoms with Gasteiger partial charge in [0.1, 0.15) is 0 Å². The third kappa shape index (κ3) is 3.88. The summed E-state index contributed by atoms with van der Waals surface area (Å²) in [5.41, 5.74) is 0.876. The molecular weight excluding hydrogens is 212 g/mol. The summed E-state index contributed by atoms with van der Waals surface area (Å²) in [6.45, 7) is 0. The fourth-order valence-corrected chi connectivity index (χ4v) is 1.44. The maximum atomic E-state index is 11.7. The number of anilines is 1. The Hall–Kier alpha value is -1.09. The summed E-state index contributed by atoms with van der Waals surface area (Å²) in [6.07, 6.45) is 5.64. The quantitative estimate of drug-likeness (QED) is 0.571. The molecule has 3 nitrogen and oxygen atoms in total. The zero-order valence-corrected chi connectivity index (χ0v) is 9.57. The van der Waals surface area contributed by atoms with Gasteiger partial charge in [-0.1, -0.05) is 0 Å². The smallest absolute Gasteiger partial charge is 0.226 e. The standard InChI is InChI=1S/C11H15ClN2O/c1-14(10-5-8-13-9-6-10)11(15)4-2-3-7-12/h5-6,8-9H,2-4,7H2,1H3. The lowest BCUT2D eigenvalue weighted by Gasteiger charge is -2.16. The summed E-state index contributed by atoms with van der Waals surface area (Å²) >= 11 is 5.55. The van der Waals surface area contributed by atoms with Gasteiger partial charge in [-0.2, -0.15) is 0 Å². The number of carbonyl (C=O) groups excluding carboxylic acids is 1. The van der Waals surface area contributed by atoms with Crippen molar-refractivity contribution in [3.63, 3.8) is 0 Å². The van der Waals surface area contributed by atoms with E-state index >= 15 is 0 Å². The molecule has 82 valence electrons. The maximum Gasteiger partial charge on any atom is 0.226 e. The molecule has 0 saturated carbocycles. The molecule has 0 bridgehead atoms. The second-order valence-corrected chi connectivity index (χ2v) is 3.68. The van der Waals surface area contributed by atoms with Gasteiger partial charge in [0.25, 0.3) is 0 Å². The van der Waals surface area contributed by atoms with Crippen LogP contribution in [0.15, 0.2) is 24.5 Å². The van der Waals surface area contributed by atoms with E-state index in [0.29, 0.717) is 12.3 Å². The van der Waals surface area contributed by atoms with Crippen LogP contribution >= 0.6 is 11.6 Å². The number of carbonyl (C=O) groups is 1. The van der Waals surface area contributed by atoms with Crippen molar-refractivity contribution in [2.75, 3.05) is 17.8 Å². The molecule has 0 unspecified atom stereocenters. The number of pyridine rings is 1. The molecule has 0 N–H and O–H groups in total. The topological polar surface area (TPSA) is 33.2 Å². The normalized spacial score (nSPS) is 10.0. The van der Waals surface area contributed by atoms with Crippen LogP contribution in [0.2, 0.25) is 0 Å². The van der Waals surface area contributed by atoms with Gasteiger partial charge in [0.05, 0.1) is 0 Å². The van der Waals surface area contributed by atoms with Crippen LogP contribution in [0.25, 0.3) is 0 Å². The van der Waals surface area contributed by atoms with E-state index in [0.717, 1.165) is 18.5 Å². The summed E-state index contributed by atoms with van der Waals surface area (Å²) in [5.74, 6) is 0.734. The number of halogens is 1. The Morgan fingerprint density at radius 2 is 2.07 bits per heavy atom. The number of alkyl halides is 1. The number of hydrogen-bond acceptors (Lipinski definition) is 2. The van der Waals surface area contributed by atoms with E-state index in [1.807, 2.05) is 12.1 Å². The lowest BCUT2D eigenvalue weighted by Crippen LogP contribution is -2.25. The van der Waals surface area contributed by atoms with Crippen molar-refractivity contribution in [3.8, 4) is 0 Å². The molecule has 15 heavy (non-hydrogen) atoms. The third-order valence-electron chi connectivity index (χ3n) is 2.20. The van der Waals surface area contributed by atoms with Crippen molar-refractivity contribution in [1.82, 2.24) is 4.98 Å². The lowest BCUT2D eigenvalue weighted by atomic mass is 10.2. The predicted octanol–water partition coefficient (Wildman–Crippen LogP) is 2.45. The fraction of sp³-hybridized carbons (Fsp3) is 0.455. The van der Waals surface area contributed by atoms with Crippen LogP contribution < -0.4 is 4.90 Å². The summed E-state index contributed by atoms with van der Waals surface area (Å²) in [4.78, 5) is 17.2. The van der Waals surface area contributed by atoms with Gasteiger partial charge in [-0.05, 0) is 25.0 Å². The summed E-state index contributed by atoms with van der Waals surface area (Å²) in [6, 6.07) is 3.64. The highest BCUT2D eigenvalue weighted by Crippen LogP contribution is 2.12. The van der Waals surface area contributed by atoms with Crippen LogP contribution in [0, 0.1) is 0 Å². The van der Waals surface area contributed by atoms with E-state index in [2.05, 4.69) is 4.98 Å². The highest BCUT2D eigenvalue weighted by Gasteiger charge is 2.09. The van der Waals surface area contributed by atoms with Gasteiger partial charge in [-0.15, -0.1) is 11.6 Å². The molecule has 0 aliphatic carbocycles. The Labute approximate surface area is 95.1 Å². The van der Waals surface area contributed by atoms with Crippen molar-refractivity contribution >= 4 is 23.2 Å². The van der Waals surface area contributed by atoms with Crippen molar-refractivity contribution in [2.45, 2.75) is 19.3 Å². The molecule has 0 aromatic carbocycles. The van der Waals surface area contributed by atoms with Crippen LogP contribution in [-0.2, 0) is 4.79 Å². The molecular formula is C11H15ClN2O. The number of aromatic nitrogens is 1. The molecule has 1 aromatic heterocycles. The van der Waals surface area contributed by atoms with Crippen molar-refractivity contribution < 1.29 is 4.79 Å². The summed E-state index contributed by atoms with van der Waals surface area (Å²) < 4.78 is 0. The van der Waals surface area contributed by atoms with E-state index in [1.54, 1.807) is 24.3 Å². The molecule has 1 aromatic rings. The first-order valence-electron chi connectivity index (χ1n) is 4.98. The fourth-order valence-electron chi connectivity index (χ4n) is 1.25. The number of hydrogen-bond donors (Lipinski definition) is 0. The number of rotatable bonds is 5. The van der Waals surface area contributed by atoms with Gasteiger partial charge in [-0.3, -0.25) is 9.78 Å². The molecule has 1 heterocycles. The van der Waals surface area contributed by atoms with Gasteiger partial charge >= 0.3 is 0 Å². The van der Waals surface area contributed by atoms with E-state index in [4.69, 9.17) is 11.6 Å². The Bertz CT molecular complexity index is 303. The van der Waals surface area contributed by atoms with E-state index in [-0.39, 0.29) is 5.91 Å². The van der Waals surface area contributed by atoms with Crippen LogP contribution in [0.3, 0.4) is 0 Å². The summed E-state index contributed by atoms with van der Waals surface area (Å²) in [7, 11) is 1.78. The monoisotopic (exact) mass is 226 g/mol. The van der Waals surface area contributed by atoms with E-state index in [9.17, 15) is 4.79 Å². The van der Waals surface area contributed by atoms with Crippen LogP contribution in [0.4, 0.5) is 5.69 Å². The minimum atomic E-state index is 0.117. The van der Waals surface area contributed by atoms with Crippen LogP contribution in [0.5, 0.6) is 0 Å². The molecule has 0 radical (unpaired) electrons. The lowest BCUT2D eigenvalue weighted by molar-refractivity contribution is -0.118. The molecule has 0 aliphatic heterocycles. The molecule has 4 heteroatoms. The SMILES string of the molecule is CN(C(=O)CCCCCl)c1ccncc1. The van der Waals surface area contributed by atoms with Gasteiger partial charge in [-0.25, -0.2) is 0 Å². The first kappa shape index (κ1) is 12.0. The molecule has 0 atom stereocenters. The second-order valence-electron chi connectivity index (χ2n) is 3.30. The van der Waals surface area contributed by atoms with Crippen LogP contribution in [-0.4, -0.2) is 23.8 Å². The molecule has 1 amide bonds. The Morgan fingerprint density at radius 1 is 1.40 bits per heavy atom. The molecule has 0 fully saturated rings. The van der Waals surface area contributed by atoms with Gasteiger partial charge in [0.2, 0.25) is 5.91 Å². The van der Waals surface area contributed by atoms with Crippen molar-refractivity contribution in [2.24, 2.45) is 0 Å². The Balaban J connectivity index is 2.46. The first-order chi connectivity index (χ1) is 7.25. The van der Waals surface area contributed by atoms with E-state index < -0.39 is 0 Å². The van der Waals surface area contributed by atoms with E-state index in [1.165, 1.54) is 0 Å². The van der Waals surface area contributed by atoms with Crippen LogP contribution in [0.1, 0.15) is 19.3 Å². The summed E-state index contributed by atoms with van der Waals surface area (Å²) in [5, 5.41) is 0. The van der Waals surface area contributed by atoms with Gasteiger partial charge < -0.3 is 4.90 Å². The predicted molar refractivity (Wildman–Crippen MR) is 62.2 cm³/mol. The molecule has 1 rings (SSSR count). The molecule has 0 spiro atoms. The van der Waals surface area contributed by atoms with Crippen molar-refractivity contribution in [1.29, 1.82) is 0 Å². The maximum absolute atomic E-state index is 11.7. The minimum absolute atomic E-state index is 0.117. The van der Waals surface area contributed by atoms with Gasteiger partial charge in [0.15, 0.2) is 0 Å². The second kappa shape index (κ2) is 6.40. The first-order valence-corrected chi connectivity index (χ1v) is 5.51. The van der Waals surface area contributed by atoms with Crippen molar-refractivity contribution in [3.05, 3.63) is 24.5 Å². The number of amides is 1. The zero-order valence-electron chi connectivity index (χ0n) is 8.82. The Morgan fingerprint density at radius 3 is 2.67 bits per heavy atom. The average Bonchev–Trinajstić information content (AvgIpc) is 2.29. The van der Waals surface area contributed by atoms with Gasteiger partial charge in [0, 0.05) is 37.4 Å². The number of nitrogens with zero attached hydrogens (tertiary/aromatic N) is 2. The third-order valence-corrected chi connectivity index (χ3v) is 2.47. The number of unbranched alkanes of at least 4 members (excludes halogenated alkanes) is 1. The Kier molecular flexibility index (Phi) is 5.12. The zero-order chi connectivity index (χ0) is 11.1. The highest BCUT2D eigenvalue weighted by atomic mass is 35.5.